The van der Waals surface area contributed by atoms with Crippen LogP contribution < -0.4 is 10.6 Å². The second-order valence-corrected chi connectivity index (χ2v) is 8.68. The molecule has 0 saturated carbocycles. The lowest BCUT2D eigenvalue weighted by molar-refractivity contribution is -0.114. The Hall–Kier alpha value is -3.84. The molecular weight excluding hydrogens is 426 g/mol. The molecule has 5 rings (SSSR count). The van der Waals surface area contributed by atoms with Crippen molar-refractivity contribution in [1.29, 1.82) is 0 Å². The zero-order valence-corrected chi connectivity index (χ0v) is 19.2. The molecule has 34 heavy (non-hydrogen) atoms. The Morgan fingerprint density at radius 1 is 1.00 bits per heavy atom. The average Bonchev–Trinajstić information content (AvgIpc) is 3.36. The zero-order valence-electron chi connectivity index (χ0n) is 19.2. The van der Waals surface area contributed by atoms with E-state index >= 15 is 0 Å². The number of aromatic nitrogens is 2. The Labute approximate surface area is 198 Å². The number of benzene rings is 2. The van der Waals surface area contributed by atoms with Crippen LogP contribution in [0.5, 0.6) is 0 Å². The van der Waals surface area contributed by atoms with Gasteiger partial charge in [-0.1, -0.05) is 18.2 Å². The van der Waals surface area contributed by atoms with E-state index in [1.165, 1.54) is 19.8 Å². The maximum atomic E-state index is 12.8. The summed E-state index contributed by atoms with van der Waals surface area (Å²) in [5.74, 6) is -0.221. The second kappa shape index (κ2) is 9.57. The smallest absolute Gasteiger partial charge is 0.251 e. The van der Waals surface area contributed by atoms with Crippen LogP contribution >= 0.6 is 0 Å². The molecule has 0 spiro atoms. The lowest BCUT2D eigenvalue weighted by Gasteiger charge is -2.15. The number of anilines is 1. The number of pyridine rings is 2. The topological polar surface area (TPSA) is 87.2 Å². The number of nitrogens with one attached hydrogen (secondary N) is 2. The molecule has 2 N–H and O–H groups in total. The van der Waals surface area contributed by atoms with Gasteiger partial charge in [0.15, 0.2) is 0 Å². The Morgan fingerprint density at radius 2 is 1.85 bits per heavy atom. The molecule has 1 saturated heterocycles. The normalized spacial score (nSPS) is 13.9. The molecule has 0 radical (unpaired) electrons. The molecule has 7 heteroatoms. The summed E-state index contributed by atoms with van der Waals surface area (Å²) in [6, 6.07) is 15.2. The second-order valence-electron chi connectivity index (χ2n) is 8.68. The van der Waals surface area contributed by atoms with Crippen LogP contribution in [0.25, 0.3) is 32.9 Å². The van der Waals surface area contributed by atoms with Gasteiger partial charge in [-0.15, -0.1) is 0 Å². The first-order valence-corrected chi connectivity index (χ1v) is 11.6. The number of fused-ring (bicyclic) bond motifs is 3. The number of hydrogen-bond donors (Lipinski definition) is 2. The number of amides is 2. The lowest BCUT2D eigenvalue weighted by Crippen LogP contribution is -2.33. The van der Waals surface area contributed by atoms with Crippen LogP contribution in [0, 0.1) is 0 Å². The van der Waals surface area contributed by atoms with Gasteiger partial charge < -0.3 is 15.5 Å². The van der Waals surface area contributed by atoms with E-state index in [0.29, 0.717) is 17.8 Å². The van der Waals surface area contributed by atoms with Crippen LogP contribution in [0.3, 0.4) is 0 Å². The lowest BCUT2D eigenvalue weighted by atomic mass is 10.00. The van der Waals surface area contributed by atoms with Crippen molar-refractivity contribution in [1.82, 2.24) is 20.2 Å². The third kappa shape index (κ3) is 4.61. The summed E-state index contributed by atoms with van der Waals surface area (Å²) in [4.78, 5) is 36.0. The van der Waals surface area contributed by atoms with Crippen molar-refractivity contribution in [2.45, 2.75) is 19.8 Å². The van der Waals surface area contributed by atoms with E-state index in [-0.39, 0.29) is 11.8 Å². The Balaban J connectivity index is 1.50. The number of rotatable bonds is 6. The quantitative estimate of drug-likeness (QED) is 0.427. The summed E-state index contributed by atoms with van der Waals surface area (Å²) >= 11 is 0. The van der Waals surface area contributed by atoms with E-state index in [1.807, 2.05) is 54.7 Å². The van der Waals surface area contributed by atoms with Gasteiger partial charge >= 0.3 is 0 Å². The Kier molecular flexibility index (Phi) is 6.18. The summed E-state index contributed by atoms with van der Waals surface area (Å²) in [6.45, 7) is 5.22. The van der Waals surface area contributed by atoms with Gasteiger partial charge in [-0.05, 0) is 56.3 Å². The van der Waals surface area contributed by atoms with Crippen LogP contribution in [0.1, 0.15) is 30.1 Å². The third-order valence-electron chi connectivity index (χ3n) is 6.23. The Bertz CT molecular complexity index is 1380. The highest BCUT2D eigenvalue weighted by Crippen LogP contribution is 2.33. The van der Waals surface area contributed by atoms with E-state index in [0.717, 1.165) is 52.6 Å². The van der Waals surface area contributed by atoms with E-state index in [4.69, 9.17) is 4.98 Å². The van der Waals surface area contributed by atoms with Crippen LogP contribution in [0.2, 0.25) is 0 Å². The monoisotopic (exact) mass is 453 g/mol. The fourth-order valence-electron chi connectivity index (χ4n) is 4.59. The minimum absolute atomic E-state index is 0.0941. The molecule has 2 amide bonds. The molecule has 0 atom stereocenters. The molecule has 1 aliphatic heterocycles. The summed E-state index contributed by atoms with van der Waals surface area (Å²) < 4.78 is 0. The van der Waals surface area contributed by atoms with Gasteiger partial charge in [-0.3, -0.25) is 14.6 Å². The molecule has 0 unspecified atom stereocenters. The van der Waals surface area contributed by atoms with Gasteiger partial charge in [-0.25, -0.2) is 4.98 Å². The van der Waals surface area contributed by atoms with Crippen LogP contribution in [0.15, 0.2) is 60.9 Å². The summed E-state index contributed by atoms with van der Waals surface area (Å²) in [5, 5.41) is 8.74. The van der Waals surface area contributed by atoms with Gasteiger partial charge in [-0.2, -0.15) is 0 Å². The first kappa shape index (κ1) is 22.0. The molecule has 2 aromatic carbocycles. The summed E-state index contributed by atoms with van der Waals surface area (Å²) in [7, 11) is 0. The van der Waals surface area contributed by atoms with Gasteiger partial charge in [0.05, 0.1) is 11.2 Å². The number of likely N-dealkylation sites (tertiary alicyclic amines) is 1. The summed E-state index contributed by atoms with van der Waals surface area (Å²) in [6.07, 6.45) is 6.06. The molecule has 1 fully saturated rings. The molecule has 4 aromatic rings. The minimum atomic E-state index is -0.127. The van der Waals surface area contributed by atoms with Crippen LogP contribution in [0.4, 0.5) is 5.69 Å². The molecule has 3 heterocycles. The zero-order chi connectivity index (χ0) is 23.5. The van der Waals surface area contributed by atoms with Gasteiger partial charge in [0.1, 0.15) is 0 Å². The van der Waals surface area contributed by atoms with Crippen molar-refractivity contribution < 1.29 is 9.59 Å². The predicted octanol–water partition coefficient (Wildman–Crippen LogP) is 4.23. The highest BCUT2D eigenvalue weighted by atomic mass is 16.2. The minimum Gasteiger partial charge on any atom is -0.351 e. The highest BCUT2D eigenvalue weighted by molar-refractivity contribution is 6.12. The van der Waals surface area contributed by atoms with Crippen molar-refractivity contribution in [3.05, 3.63) is 66.5 Å². The summed E-state index contributed by atoms with van der Waals surface area (Å²) in [5.41, 5.74) is 3.68. The van der Waals surface area contributed by atoms with Crippen LogP contribution in [-0.2, 0) is 4.79 Å². The van der Waals surface area contributed by atoms with Crippen LogP contribution in [-0.4, -0.2) is 52.9 Å². The van der Waals surface area contributed by atoms with Crippen molar-refractivity contribution in [3.8, 4) is 11.3 Å². The number of carbonyl (C=O) groups excluding carboxylic acids is 2. The first-order valence-electron chi connectivity index (χ1n) is 11.6. The number of hydrogen-bond acceptors (Lipinski definition) is 5. The predicted molar refractivity (Wildman–Crippen MR) is 135 cm³/mol. The van der Waals surface area contributed by atoms with Crippen molar-refractivity contribution in [2.24, 2.45) is 0 Å². The van der Waals surface area contributed by atoms with Crippen molar-refractivity contribution in [2.75, 3.05) is 31.5 Å². The maximum absolute atomic E-state index is 12.8. The van der Waals surface area contributed by atoms with E-state index in [2.05, 4.69) is 20.5 Å². The fraction of sp³-hybridized carbons (Fsp3) is 0.259. The molecule has 0 aliphatic carbocycles. The molecule has 2 aromatic heterocycles. The largest absolute Gasteiger partial charge is 0.351 e. The average molecular weight is 454 g/mol. The van der Waals surface area contributed by atoms with Gasteiger partial charge in [0, 0.05) is 65.4 Å². The molecule has 1 aliphatic rings. The molecule has 172 valence electrons. The number of carbonyl (C=O) groups is 2. The molecule has 0 bridgehead atoms. The van der Waals surface area contributed by atoms with Crippen molar-refractivity contribution in [3.63, 3.8) is 0 Å². The fourth-order valence-corrected chi connectivity index (χ4v) is 4.59. The molecule has 7 nitrogen and oxygen atoms in total. The number of nitrogens with zero attached hydrogens (tertiary/aromatic N) is 3. The highest BCUT2D eigenvalue weighted by Gasteiger charge is 2.15. The van der Waals surface area contributed by atoms with Gasteiger partial charge in [0.25, 0.3) is 5.91 Å². The first-order chi connectivity index (χ1) is 16.6. The Morgan fingerprint density at radius 3 is 2.68 bits per heavy atom. The van der Waals surface area contributed by atoms with E-state index < -0.39 is 0 Å². The van der Waals surface area contributed by atoms with Crippen molar-refractivity contribution >= 4 is 39.2 Å². The molecular formula is C27H27N5O2. The van der Waals surface area contributed by atoms with E-state index in [1.54, 1.807) is 6.20 Å². The standard InChI is InChI=1S/C27H27N5O2/c1-18(33)30-21-6-4-5-19(15-21)26-23-9-10-28-17-24(23)22-8-7-20(16-25(22)31-26)27(34)29-11-14-32-12-2-3-13-32/h4-10,15-17H,2-3,11-14H2,1H3,(H,29,34)(H,30,33). The van der Waals surface area contributed by atoms with E-state index in [9.17, 15) is 9.59 Å². The SMILES string of the molecule is CC(=O)Nc1cccc(-c2nc3cc(C(=O)NCCN4CCCC4)ccc3c3cnccc23)c1. The third-order valence-corrected chi connectivity index (χ3v) is 6.23. The maximum Gasteiger partial charge on any atom is 0.251 e. The van der Waals surface area contributed by atoms with Gasteiger partial charge in [0.2, 0.25) is 5.91 Å².